The number of rotatable bonds is 7. The van der Waals surface area contributed by atoms with Crippen LogP contribution in [-0.4, -0.2) is 17.2 Å². The van der Waals surface area contributed by atoms with E-state index in [1.165, 1.54) is 30.7 Å². The number of aryl methyl sites for hydroxylation is 1. The molecule has 2 fully saturated rings. The van der Waals surface area contributed by atoms with Crippen LogP contribution < -0.4 is 0 Å². The van der Waals surface area contributed by atoms with E-state index in [1.807, 2.05) is 12.3 Å². The molecular formula is C26H32F3NO. The molecule has 2 nitrogen and oxygen atoms in total. The van der Waals surface area contributed by atoms with Gasteiger partial charge in [-0.25, -0.2) is 0 Å². The maximum Gasteiger partial charge on any atom is 0.416 e. The van der Waals surface area contributed by atoms with Crippen molar-refractivity contribution < 1.29 is 17.9 Å². The summed E-state index contributed by atoms with van der Waals surface area (Å²) in [6, 6.07) is 11.8. The predicted molar refractivity (Wildman–Crippen MR) is 116 cm³/mol. The normalized spacial score (nSPS) is 23.3. The zero-order chi connectivity index (χ0) is 21.8. The Kier molecular flexibility index (Phi) is 6.71. The van der Waals surface area contributed by atoms with Gasteiger partial charge < -0.3 is 4.74 Å². The van der Waals surface area contributed by atoms with Gasteiger partial charge in [0.25, 0.3) is 0 Å². The minimum absolute atomic E-state index is 0.0377. The van der Waals surface area contributed by atoms with Crippen LogP contribution >= 0.6 is 0 Å². The summed E-state index contributed by atoms with van der Waals surface area (Å²) in [6.45, 7) is 0.808. The van der Waals surface area contributed by atoms with Crippen molar-refractivity contribution in [1.29, 1.82) is 0 Å². The van der Waals surface area contributed by atoms with Crippen molar-refractivity contribution in [2.24, 2.45) is 0 Å². The van der Waals surface area contributed by atoms with E-state index in [0.29, 0.717) is 0 Å². The van der Waals surface area contributed by atoms with Crippen LogP contribution in [0.15, 0.2) is 48.7 Å². The van der Waals surface area contributed by atoms with Crippen molar-refractivity contribution in [2.45, 2.75) is 87.8 Å². The van der Waals surface area contributed by atoms with Gasteiger partial charge in [0, 0.05) is 23.9 Å². The van der Waals surface area contributed by atoms with Crippen LogP contribution in [0.4, 0.5) is 13.2 Å². The smallest absolute Gasteiger partial charge is 0.375 e. The van der Waals surface area contributed by atoms with E-state index in [9.17, 15) is 13.2 Å². The third kappa shape index (κ3) is 5.31. The Hall–Kier alpha value is -1.88. The number of hydrogen-bond donors (Lipinski definition) is 0. The molecule has 4 rings (SSSR count). The Morgan fingerprint density at radius 3 is 2.35 bits per heavy atom. The Labute approximate surface area is 183 Å². The van der Waals surface area contributed by atoms with Gasteiger partial charge in [0.15, 0.2) is 0 Å². The Morgan fingerprint density at radius 1 is 0.903 bits per heavy atom. The van der Waals surface area contributed by atoms with Crippen LogP contribution in [0, 0.1) is 0 Å². The van der Waals surface area contributed by atoms with Crippen molar-refractivity contribution in [1.82, 2.24) is 4.98 Å². The van der Waals surface area contributed by atoms with Gasteiger partial charge in [-0.05, 0) is 74.8 Å². The Morgan fingerprint density at radius 2 is 1.68 bits per heavy atom. The second-order valence-corrected chi connectivity index (χ2v) is 9.42. The van der Waals surface area contributed by atoms with E-state index in [2.05, 4.69) is 12.1 Å². The molecule has 2 heterocycles. The quantitative estimate of drug-likeness (QED) is 0.430. The van der Waals surface area contributed by atoms with Gasteiger partial charge in [-0.1, -0.05) is 43.9 Å². The third-order valence-electron chi connectivity index (χ3n) is 7.27. The summed E-state index contributed by atoms with van der Waals surface area (Å²) >= 11 is 0. The summed E-state index contributed by atoms with van der Waals surface area (Å²) in [7, 11) is 0. The van der Waals surface area contributed by atoms with Crippen molar-refractivity contribution in [3.05, 3.63) is 65.5 Å². The lowest BCUT2D eigenvalue weighted by Crippen LogP contribution is -2.46. The van der Waals surface area contributed by atoms with Crippen molar-refractivity contribution in [2.75, 3.05) is 6.61 Å². The van der Waals surface area contributed by atoms with Gasteiger partial charge in [-0.3, -0.25) is 4.98 Å². The van der Waals surface area contributed by atoms with Crippen LogP contribution in [0.1, 0.15) is 81.0 Å². The van der Waals surface area contributed by atoms with Gasteiger partial charge in [0.1, 0.15) is 0 Å². The average molecular weight is 432 g/mol. The van der Waals surface area contributed by atoms with E-state index < -0.39 is 11.7 Å². The lowest BCUT2D eigenvalue weighted by Gasteiger charge is -2.46. The number of aromatic nitrogens is 1. The molecule has 1 aliphatic heterocycles. The number of ether oxygens (including phenoxy) is 1. The lowest BCUT2D eigenvalue weighted by molar-refractivity contribution is -0.137. The van der Waals surface area contributed by atoms with Crippen molar-refractivity contribution >= 4 is 0 Å². The van der Waals surface area contributed by atoms with Crippen LogP contribution in [-0.2, 0) is 22.7 Å². The third-order valence-corrected chi connectivity index (χ3v) is 7.27. The summed E-state index contributed by atoms with van der Waals surface area (Å²) in [5, 5.41) is 0. The summed E-state index contributed by atoms with van der Waals surface area (Å²) in [5.74, 6) is 0. The van der Waals surface area contributed by atoms with Gasteiger partial charge in [-0.15, -0.1) is 0 Å². The minimum Gasteiger partial charge on any atom is -0.375 e. The first-order valence-electron chi connectivity index (χ1n) is 11.6. The fraction of sp³-hybridized carbons (Fsp3) is 0.577. The monoisotopic (exact) mass is 431 g/mol. The molecule has 2 aromatic rings. The van der Waals surface area contributed by atoms with Crippen LogP contribution in [0.25, 0.3) is 0 Å². The molecule has 0 unspecified atom stereocenters. The fourth-order valence-electron chi connectivity index (χ4n) is 5.63. The highest BCUT2D eigenvalue weighted by molar-refractivity contribution is 5.24. The second-order valence-electron chi connectivity index (χ2n) is 9.42. The van der Waals surface area contributed by atoms with Gasteiger partial charge in [0.2, 0.25) is 0 Å². The molecule has 1 aliphatic carbocycles. The fourth-order valence-corrected chi connectivity index (χ4v) is 5.63. The Bertz CT molecular complexity index is 828. The molecule has 1 aromatic carbocycles. The molecule has 1 atom stereocenters. The predicted octanol–water partition coefficient (Wildman–Crippen LogP) is 7.26. The van der Waals surface area contributed by atoms with Crippen molar-refractivity contribution in [3.8, 4) is 0 Å². The molecular weight excluding hydrogens is 399 g/mol. The summed E-state index contributed by atoms with van der Waals surface area (Å²) < 4.78 is 44.5. The first kappa shape index (κ1) is 22.3. The molecule has 0 radical (unpaired) electrons. The molecule has 0 amide bonds. The molecule has 1 saturated heterocycles. The molecule has 1 spiro atoms. The van der Waals surface area contributed by atoms with Crippen LogP contribution in [0.5, 0.6) is 0 Å². The van der Waals surface area contributed by atoms with E-state index >= 15 is 0 Å². The number of nitrogens with zero attached hydrogens (tertiary/aromatic N) is 1. The SMILES string of the molecule is FC(F)(F)c1ccc(CCCCC[C@@]2(c3ccccn3)CCOC3(CCCC3)C2)cc1. The number of halogens is 3. The van der Waals surface area contributed by atoms with E-state index in [-0.39, 0.29) is 11.0 Å². The molecule has 168 valence electrons. The highest BCUT2D eigenvalue weighted by Crippen LogP contribution is 2.50. The molecule has 31 heavy (non-hydrogen) atoms. The zero-order valence-electron chi connectivity index (χ0n) is 18.1. The minimum atomic E-state index is -4.27. The highest BCUT2D eigenvalue weighted by atomic mass is 19.4. The van der Waals surface area contributed by atoms with Gasteiger partial charge in [0.05, 0.1) is 11.2 Å². The summed E-state index contributed by atoms with van der Waals surface area (Å²) in [6.07, 6.45) is 9.64. The lowest BCUT2D eigenvalue weighted by atomic mass is 9.67. The second kappa shape index (κ2) is 9.32. The van der Waals surface area contributed by atoms with Gasteiger partial charge in [-0.2, -0.15) is 13.2 Å². The average Bonchev–Trinajstić information content (AvgIpc) is 3.21. The topological polar surface area (TPSA) is 22.1 Å². The largest absolute Gasteiger partial charge is 0.416 e. The van der Waals surface area contributed by atoms with Crippen LogP contribution in [0.3, 0.4) is 0 Å². The Balaban J connectivity index is 1.34. The van der Waals surface area contributed by atoms with E-state index in [0.717, 1.165) is 70.0 Å². The maximum absolute atomic E-state index is 12.7. The standard InChI is InChI=1S/C26H32F3NO/c27-26(28,29)22-12-10-21(11-13-22)8-2-1-4-14-24(23-9-3-7-18-30-23)17-19-31-25(20-24)15-5-6-16-25/h3,7,9-13,18H,1-2,4-6,8,14-17,19-20H2/t24-/m1/s1. The van der Waals surface area contributed by atoms with Crippen molar-refractivity contribution in [3.63, 3.8) is 0 Å². The molecule has 5 heteroatoms. The number of alkyl halides is 3. The van der Waals surface area contributed by atoms with E-state index in [4.69, 9.17) is 9.72 Å². The summed E-state index contributed by atoms with van der Waals surface area (Å²) in [5.41, 5.74) is 1.72. The molecule has 1 aromatic heterocycles. The van der Waals surface area contributed by atoms with E-state index in [1.54, 1.807) is 12.1 Å². The molecule has 2 aliphatic rings. The number of pyridine rings is 1. The van der Waals surface area contributed by atoms with Gasteiger partial charge >= 0.3 is 6.18 Å². The number of benzene rings is 1. The summed E-state index contributed by atoms with van der Waals surface area (Å²) in [4.78, 5) is 4.76. The van der Waals surface area contributed by atoms with Crippen LogP contribution in [0.2, 0.25) is 0 Å². The molecule has 0 bridgehead atoms. The zero-order valence-corrected chi connectivity index (χ0v) is 18.1. The number of hydrogen-bond acceptors (Lipinski definition) is 2. The first-order valence-corrected chi connectivity index (χ1v) is 11.6. The molecule has 0 N–H and O–H groups in total. The highest BCUT2D eigenvalue weighted by Gasteiger charge is 2.48. The first-order chi connectivity index (χ1) is 14.9. The number of unbranched alkanes of at least 4 members (excludes halogenated alkanes) is 2. The maximum atomic E-state index is 12.7. The molecule has 1 saturated carbocycles.